The van der Waals surface area contributed by atoms with Crippen molar-refractivity contribution in [1.29, 1.82) is 0 Å². The smallest absolute Gasteiger partial charge is 0.246 e. The van der Waals surface area contributed by atoms with E-state index in [0.29, 0.717) is 0 Å². The third-order valence-electron chi connectivity index (χ3n) is 3.06. The summed E-state index contributed by atoms with van der Waals surface area (Å²) in [6.07, 6.45) is 6.89. The molecule has 0 radical (unpaired) electrons. The van der Waals surface area contributed by atoms with Gasteiger partial charge >= 0.3 is 0 Å². The zero-order chi connectivity index (χ0) is 8.39. The van der Waals surface area contributed by atoms with Crippen LogP contribution >= 0.6 is 0 Å². The van der Waals surface area contributed by atoms with Crippen molar-refractivity contribution < 1.29 is 4.58 Å². The first-order chi connectivity index (χ1) is 5.88. The third-order valence-corrected chi connectivity index (χ3v) is 3.06. The SMILES string of the molecule is [13CH3][N+]1=C2CCCCCN2CCC1. The lowest BCUT2D eigenvalue weighted by molar-refractivity contribution is -0.510. The Kier molecular flexibility index (Phi) is 2.33. The van der Waals surface area contributed by atoms with Gasteiger partial charge in [0.2, 0.25) is 5.84 Å². The van der Waals surface area contributed by atoms with E-state index in [1.807, 2.05) is 0 Å². The van der Waals surface area contributed by atoms with Gasteiger partial charge < -0.3 is 0 Å². The van der Waals surface area contributed by atoms with Crippen LogP contribution < -0.4 is 0 Å². The summed E-state index contributed by atoms with van der Waals surface area (Å²) in [5.41, 5.74) is 0. The minimum absolute atomic E-state index is 1.27. The van der Waals surface area contributed by atoms with Gasteiger partial charge in [0.05, 0.1) is 26.7 Å². The maximum absolute atomic E-state index is 2.59. The minimum Gasteiger partial charge on any atom is -0.268 e. The van der Waals surface area contributed by atoms with Crippen molar-refractivity contribution in [3.05, 3.63) is 0 Å². The Hall–Kier alpha value is -0.530. The van der Waals surface area contributed by atoms with Crippen LogP contribution in [-0.4, -0.2) is 42.0 Å². The van der Waals surface area contributed by atoms with Gasteiger partial charge in [-0.2, -0.15) is 0 Å². The van der Waals surface area contributed by atoms with Gasteiger partial charge in [0, 0.05) is 12.8 Å². The molecule has 0 spiro atoms. The average molecular weight is 168 g/mol. The van der Waals surface area contributed by atoms with Crippen LogP contribution in [0.2, 0.25) is 0 Å². The van der Waals surface area contributed by atoms with Crippen molar-refractivity contribution in [2.75, 3.05) is 26.7 Å². The van der Waals surface area contributed by atoms with Gasteiger partial charge in [-0.3, -0.25) is 9.48 Å². The van der Waals surface area contributed by atoms with Crippen molar-refractivity contribution in [2.45, 2.75) is 32.1 Å². The lowest BCUT2D eigenvalue weighted by Crippen LogP contribution is -2.42. The summed E-state index contributed by atoms with van der Waals surface area (Å²) in [5, 5.41) is 0. The molecule has 0 aliphatic carbocycles. The molecule has 0 aromatic carbocycles. The summed E-state index contributed by atoms with van der Waals surface area (Å²) in [5.74, 6) is 1.61. The molecule has 1 fully saturated rings. The summed E-state index contributed by atoms with van der Waals surface area (Å²) >= 11 is 0. The second-order valence-corrected chi connectivity index (χ2v) is 3.99. The highest BCUT2D eigenvalue weighted by Crippen LogP contribution is 2.14. The van der Waals surface area contributed by atoms with Gasteiger partial charge in [-0.1, -0.05) is 0 Å². The van der Waals surface area contributed by atoms with E-state index in [-0.39, 0.29) is 0 Å². The van der Waals surface area contributed by atoms with E-state index in [0.717, 1.165) is 0 Å². The molecule has 0 aromatic rings. The molecule has 2 heterocycles. The topological polar surface area (TPSA) is 6.25 Å². The summed E-state index contributed by atoms with van der Waals surface area (Å²) in [6.45, 7) is 3.88. The van der Waals surface area contributed by atoms with Crippen LogP contribution in [0.4, 0.5) is 0 Å². The van der Waals surface area contributed by atoms with Crippen LogP contribution in [0.5, 0.6) is 0 Å². The zero-order valence-corrected chi connectivity index (χ0v) is 8.05. The minimum atomic E-state index is 1.27. The van der Waals surface area contributed by atoms with Crippen molar-refractivity contribution in [1.82, 2.24) is 4.90 Å². The van der Waals surface area contributed by atoms with E-state index in [4.69, 9.17) is 0 Å². The van der Waals surface area contributed by atoms with E-state index in [9.17, 15) is 0 Å². The maximum atomic E-state index is 2.59. The van der Waals surface area contributed by atoms with Crippen LogP contribution in [0.1, 0.15) is 32.1 Å². The first-order valence-electron chi connectivity index (χ1n) is 5.20. The lowest BCUT2D eigenvalue weighted by atomic mass is 10.2. The lowest BCUT2D eigenvalue weighted by Gasteiger charge is -2.23. The standard InChI is InChI=1S/C10H19N2/c1-11-7-5-9-12-8-4-2-3-6-10(11)12/h2-9H2,1H3/q+1/i1+1. The maximum Gasteiger partial charge on any atom is 0.246 e. The molecule has 1 saturated heterocycles. The van der Waals surface area contributed by atoms with E-state index in [1.54, 1.807) is 5.84 Å². The second kappa shape index (κ2) is 3.46. The molecule has 68 valence electrons. The monoisotopic (exact) mass is 168 g/mol. The van der Waals surface area contributed by atoms with E-state index in [1.165, 1.54) is 51.7 Å². The first kappa shape index (κ1) is 8.09. The number of rotatable bonds is 0. The molecule has 0 amide bonds. The molecule has 2 nitrogen and oxygen atoms in total. The fourth-order valence-electron chi connectivity index (χ4n) is 2.35. The Morgan fingerprint density at radius 1 is 1.08 bits per heavy atom. The number of hydrogen-bond donors (Lipinski definition) is 0. The highest BCUT2D eigenvalue weighted by molar-refractivity contribution is 5.78. The molecular weight excluding hydrogens is 149 g/mol. The van der Waals surface area contributed by atoms with Gasteiger partial charge in [0.15, 0.2) is 0 Å². The summed E-state index contributed by atoms with van der Waals surface area (Å²) in [6, 6.07) is 0. The fourth-order valence-corrected chi connectivity index (χ4v) is 2.35. The van der Waals surface area contributed by atoms with Crippen molar-refractivity contribution in [2.24, 2.45) is 0 Å². The number of hydrogen-bond acceptors (Lipinski definition) is 1. The molecule has 2 aliphatic rings. The number of nitrogens with zero attached hydrogens (tertiary/aromatic N) is 2. The third kappa shape index (κ3) is 1.47. The van der Waals surface area contributed by atoms with E-state index >= 15 is 0 Å². The Morgan fingerprint density at radius 2 is 1.92 bits per heavy atom. The van der Waals surface area contributed by atoms with Gasteiger partial charge in [0.1, 0.15) is 0 Å². The van der Waals surface area contributed by atoms with Crippen molar-refractivity contribution in [3.63, 3.8) is 0 Å². The van der Waals surface area contributed by atoms with Crippen LogP contribution in [0, 0.1) is 0 Å². The van der Waals surface area contributed by atoms with E-state index in [2.05, 4.69) is 16.5 Å². The molecule has 0 N–H and O–H groups in total. The van der Waals surface area contributed by atoms with Crippen LogP contribution in [0.3, 0.4) is 0 Å². The molecule has 0 unspecified atom stereocenters. The molecule has 2 heteroatoms. The van der Waals surface area contributed by atoms with Gasteiger partial charge in [-0.05, 0) is 19.3 Å². The Balaban J connectivity index is 2.17. The Bertz CT molecular complexity index is 196. The Labute approximate surface area is 74.9 Å². The molecule has 0 atom stereocenters. The average Bonchev–Trinajstić information content (AvgIpc) is 2.30. The number of fused-ring (bicyclic) bond motifs is 1. The Morgan fingerprint density at radius 3 is 2.83 bits per heavy atom. The molecule has 0 aromatic heterocycles. The van der Waals surface area contributed by atoms with Crippen LogP contribution in [-0.2, 0) is 0 Å². The predicted octanol–water partition coefficient (Wildman–Crippen LogP) is 1.31. The second-order valence-electron chi connectivity index (χ2n) is 3.99. The molecule has 0 bridgehead atoms. The zero-order valence-electron chi connectivity index (χ0n) is 8.05. The summed E-state index contributed by atoms with van der Waals surface area (Å²) < 4.78 is 2.45. The highest BCUT2D eigenvalue weighted by Gasteiger charge is 2.26. The molecule has 12 heavy (non-hydrogen) atoms. The van der Waals surface area contributed by atoms with Gasteiger partial charge in [0.25, 0.3) is 0 Å². The fraction of sp³-hybridized carbons (Fsp3) is 0.900. The summed E-state index contributed by atoms with van der Waals surface area (Å²) in [7, 11) is 2.24. The highest BCUT2D eigenvalue weighted by atomic mass is 15.3. The molecular formula is C10H19N2+. The van der Waals surface area contributed by atoms with Crippen LogP contribution in [0.15, 0.2) is 0 Å². The van der Waals surface area contributed by atoms with Crippen molar-refractivity contribution >= 4 is 5.84 Å². The summed E-state index contributed by atoms with van der Waals surface area (Å²) in [4.78, 5) is 2.59. The first-order valence-corrected chi connectivity index (χ1v) is 5.20. The van der Waals surface area contributed by atoms with Crippen molar-refractivity contribution in [3.8, 4) is 0 Å². The quantitative estimate of drug-likeness (QED) is 0.390. The largest absolute Gasteiger partial charge is 0.268 e. The molecule has 0 saturated carbocycles. The van der Waals surface area contributed by atoms with Gasteiger partial charge in [-0.15, -0.1) is 0 Å². The normalized spacial score (nSPS) is 25.2. The van der Waals surface area contributed by atoms with Crippen LogP contribution in [0.25, 0.3) is 0 Å². The number of amidine groups is 1. The molecule has 2 aliphatic heterocycles. The predicted molar refractivity (Wildman–Crippen MR) is 50.7 cm³/mol. The van der Waals surface area contributed by atoms with Gasteiger partial charge in [-0.25, -0.2) is 0 Å². The van der Waals surface area contributed by atoms with E-state index < -0.39 is 0 Å². The molecule has 2 rings (SSSR count).